The van der Waals surface area contributed by atoms with E-state index in [4.69, 9.17) is 4.42 Å². The predicted molar refractivity (Wildman–Crippen MR) is 105 cm³/mol. The first-order chi connectivity index (χ1) is 13.2. The molecule has 3 aromatic rings. The van der Waals surface area contributed by atoms with Crippen LogP contribution in [0.4, 0.5) is 11.5 Å². The van der Waals surface area contributed by atoms with Gasteiger partial charge in [-0.1, -0.05) is 18.2 Å². The molecule has 1 aromatic carbocycles. The molecule has 6 nitrogen and oxygen atoms in total. The fourth-order valence-corrected chi connectivity index (χ4v) is 3.32. The maximum absolute atomic E-state index is 12.6. The topological polar surface area (TPSA) is 71.3 Å². The van der Waals surface area contributed by atoms with E-state index < -0.39 is 0 Å². The third-order valence-corrected chi connectivity index (χ3v) is 4.71. The fourth-order valence-electron chi connectivity index (χ4n) is 3.32. The van der Waals surface area contributed by atoms with Crippen molar-refractivity contribution in [3.8, 4) is 11.5 Å². The molecule has 1 aliphatic heterocycles. The third kappa shape index (κ3) is 3.84. The molecule has 1 N–H and O–H groups in total. The normalized spacial score (nSPS) is 13.7. The molecule has 138 valence electrons. The highest BCUT2D eigenvalue weighted by molar-refractivity contribution is 5.94. The second-order valence-corrected chi connectivity index (χ2v) is 6.68. The number of oxazole rings is 1. The van der Waals surface area contributed by atoms with Crippen molar-refractivity contribution in [1.82, 2.24) is 9.97 Å². The van der Waals surface area contributed by atoms with Gasteiger partial charge in [-0.3, -0.25) is 4.79 Å². The van der Waals surface area contributed by atoms with Crippen molar-refractivity contribution < 1.29 is 9.21 Å². The van der Waals surface area contributed by atoms with Gasteiger partial charge in [0.2, 0.25) is 11.8 Å². The third-order valence-electron chi connectivity index (χ3n) is 4.71. The molecule has 0 spiro atoms. The van der Waals surface area contributed by atoms with E-state index in [1.165, 1.54) is 0 Å². The number of aromatic nitrogens is 2. The zero-order valence-corrected chi connectivity index (χ0v) is 15.3. The molecular formula is C21H22N4O2. The van der Waals surface area contributed by atoms with Gasteiger partial charge in [0.25, 0.3) is 0 Å². The maximum Gasteiger partial charge on any atom is 0.230 e. The van der Waals surface area contributed by atoms with Crippen molar-refractivity contribution in [2.45, 2.75) is 26.2 Å². The molecule has 0 radical (unpaired) electrons. The maximum atomic E-state index is 12.6. The van der Waals surface area contributed by atoms with Gasteiger partial charge >= 0.3 is 0 Å². The highest BCUT2D eigenvalue weighted by Gasteiger charge is 2.19. The van der Waals surface area contributed by atoms with Gasteiger partial charge in [0.15, 0.2) is 5.82 Å². The van der Waals surface area contributed by atoms with E-state index in [1.54, 1.807) is 6.20 Å². The fraction of sp³-hybridized carbons (Fsp3) is 0.286. The van der Waals surface area contributed by atoms with Crippen molar-refractivity contribution in [2.24, 2.45) is 0 Å². The van der Waals surface area contributed by atoms with Gasteiger partial charge in [0, 0.05) is 24.8 Å². The summed E-state index contributed by atoms with van der Waals surface area (Å²) in [4.78, 5) is 23.8. The van der Waals surface area contributed by atoms with Crippen LogP contribution >= 0.6 is 0 Å². The van der Waals surface area contributed by atoms with Crippen molar-refractivity contribution in [3.63, 3.8) is 0 Å². The van der Waals surface area contributed by atoms with Crippen LogP contribution in [-0.4, -0.2) is 29.0 Å². The van der Waals surface area contributed by atoms with Crippen LogP contribution in [0.25, 0.3) is 11.5 Å². The number of carbonyl (C=O) groups is 1. The number of aryl methyl sites for hydroxylation is 1. The number of anilines is 2. The number of hydrogen-bond donors (Lipinski definition) is 1. The number of hydrogen-bond acceptors (Lipinski definition) is 5. The average molecular weight is 362 g/mol. The molecule has 0 aliphatic carbocycles. The van der Waals surface area contributed by atoms with E-state index in [0.29, 0.717) is 17.3 Å². The SMILES string of the molecule is Cc1oc(-c2ccccc2)nc1CC(=O)Nc1cccnc1N1CCCC1. The number of rotatable bonds is 5. The van der Waals surface area contributed by atoms with Gasteiger partial charge in [0.1, 0.15) is 5.76 Å². The Morgan fingerprint density at radius 1 is 1.15 bits per heavy atom. The van der Waals surface area contributed by atoms with Gasteiger partial charge in [-0.25, -0.2) is 9.97 Å². The summed E-state index contributed by atoms with van der Waals surface area (Å²) < 4.78 is 5.75. The van der Waals surface area contributed by atoms with Gasteiger partial charge in [-0.05, 0) is 44.0 Å². The molecule has 0 unspecified atom stereocenters. The minimum absolute atomic E-state index is 0.126. The first-order valence-electron chi connectivity index (χ1n) is 9.22. The summed E-state index contributed by atoms with van der Waals surface area (Å²) in [6, 6.07) is 13.4. The van der Waals surface area contributed by atoms with Crippen molar-refractivity contribution in [3.05, 3.63) is 60.1 Å². The molecule has 6 heteroatoms. The van der Waals surface area contributed by atoms with Crippen molar-refractivity contribution in [1.29, 1.82) is 0 Å². The standard InChI is InChI=1S/C21H22N4O2/c1-15-18(24-21(27-15)16-8-3-2-4-9-16)14-19(26)23-17-10-7-11-22-20(17)25-12-5-6-13-25/h2-4,7-11H,5-6,12-14H2,1H3,(H,23,26). The minimum Gasteiger partial charge on any atom is -0.441 e. The highest BCUT2D eigenvalue weighted by Crippen LogP contribution is 2.27. The lowest BCUT2D eigenvalue weighted by Crippen LogP contribution is -2.23. The quantitative estimate of drug-likeness (QED) is 0.747. The first kappa shape index (κ1) is 17.3. The summed E-state index contributed by atoms with van der Waals surface area (Å²) in [5.74, 6) is 1.91. The smallest absolute Gasteiger partial charge is 0.230 e. The number of nitrogens with one attached hydrogen (secondary N) is 1. The molecule has 0 bridgehead atoms. The lowest BCUT2D eigenvalue weighted by atomic mass is 10.2. The first-order valence-corrected chi connectivity index (χ1v) is 9.22. The van der Waals surface area contributed by atoms with Crippen molar-refractivity contribution in [2.75, 3.05) is 23.3 Å². The molecule has 27 heavy (non-hydrogen) atoms. The van der Waals surface area contributed by atoms with Gasteiger partial charge < -0.3 is 14.6 Å². The van der Waals surface area contributed by atoms with Crippen LogP contribution < -0.4 is 10.2 Å². The van der Waals surface area contributed by atoms with E-state index in [-0.39, 0.29) is 12.3 Å². The molecule has 1 amide bonds. The molecule has 0 saturated carbocycles. The monoisotopic (exact) mass is 362 g/mol. The molecular weight excluding hydrogens is 340 g/mol. The Kier molecular flexibility index (Phi) is 4.87. The zero-order chi connectivity index (χ0) is 18.6. The molecule has 3 heterocycles. The minimum atomic E-state index is -0.126. The van der Waals surface area contributed by atoms with Gasteiger partial charge in [0.05, 0.1) is 17.8 Å². The lowest BCUT2D eigenvalue weighted by molar-refractivity contribution is -0.115. The number of pyridine rings is 1. The van der Waals surface area contributed by atoms with E-state index in [9.17, 15) is 4.79 Å². The molecule has 1 fully saturated rings. The molecule has 0 atom stereocenters. The molecule has 4 rings (SSSR count). The summed E-state index contributed by atoms with van der Waals surface area (Å²) in [6.45, 7) is 3.78. The Hall–Kier alpha value is -3.15. The second-order valence-electron chi connectivity index (χ2n) is 6.68. The van der Waals surface area contributed by atoms with Crippen LogP contribution in [0.3, 0.4) is 0 Å². The molecule has 1 aliphatic rings. The van der Waals surface area contributed by atoms with Crippen LogP contribution in [0.2, 0.25) is 0 Å². The molecule has 2 aromatic heterocycles. The number of benzene rings is 1. The number of carbonyl (C=O) groups excluding carboxylic acids is 1. The van der Waals surface area contributed by atoms with E-state index in [0.717, 1.165) is 43.0 Å². The van der Waals surface area contributed by atoms with Gasteiger partial charge in [-0.15, -0.1) is 0 Å². The Morgan fingerprint density at radius 3 is 2.70 bits per heavy atom. The second kappa shape index (κ2) is 7.61. The predicted octanol–water partition coefficient (Wildman–Crippen LogP) is 3.83. The summed E-state index contributed by atoms with van der Waals surface area (Å²) >= 11 is 0. The Labute approximate surface area is 158 Å². The van der Waals surface area contributed by atoms with Crippen LogP contribution in [0.1, 0.15) is 24.3 Å². The summed E-state index contributed by atoms with van der Waals surface area (Å²) in [6.07, 6.45) is 4.24. The number of nitrogens with zero attached hydrogens (tertiary/aromatic N) is 3. The van der Waals surface area contributed by atoms with Crippen molar-refractivity contribution >= 4 is 17.4 Å². The van der Waals surface area contributed by atoms with Gasteiger partial charge in [-0.2, -0.15) is 0 Å². The van der Waals surface area contributed by atoms with Crippen LogP contribution in [0.5, 0.6) is 0 Å². The average Bonchev–Trinajstić information content (AvgIpc) is 3.34. The molecule has 1 saturated heterocycles. The Morgan fingerprint density at radius 2 is 1.93 bits per heavy atom. The van der Waals surface area contributed by atoms with Crippen LogP contribution in [0, 0.1) is 6.92 Å². The largest absolute Gasteiger partial charge is 0.441 e. The summed E-state index contributed by atoms with van der Waals surface area (Å²) in [7, 11) is 0. The van der Waals surface area contributed by atoms with E-state index in [2.05, 4.69) is 20.2 Å². The Bertz CT molecular complexity index is 930. The summed E-state index contributed by atoms with van der Waals surface area (Å²) in [5.41, 5.74) is 2.29. The number of amides is 1. The Balaban J connectivity index is 1.49. The lowest BCUT2D eigenvalue weighted by Gasteiger charge is -2.19. The summed E-state index contributed by atoms with van der Waals surface area (Å²) in [5, 5.41) is 2.99. The van der Waals surface area contributed by atoms with Crippen LogP contribution in [0.15, 0.2) is 53.1 Å². The van der Waals surface area contributed by atoms with Crippen LogP contribution in [-0.2, 0) is 11.2 Å². The van der Waals surface area contributed by atoms with E-state index in [1.807, 2.05) is 49.4 Å². The van der Waals surface area contributed by atoms with E-state index >= 15 is 0 Å². The zero-order valence-electron chi connectivity index (χ0n) is 15.3. The highest BCUT2D eigenvalue weighted by atomic mass is 16.4.